The smallest absolute Gasteiger partial charge is 0.379 e. The molecule has 128 valence electrons. The third kappa shape index (κ3) is 3.41. The van der Waals surface area contributed by atoms with Gasteiger partial charge < -0.3 is 15.0 Å². The number of nitrogens with zero attached hydrogens (tertiary/aromatic N) is 3. The largest absolute Gasteiger partial charge is 0.408 e. The average molecular weight is 333 g/mol. The van der Waals surface area contributed by atoms with Gasteiger partial charge in [-0.05, 0) is 18.8 Å². The Bertz CT molecular complexity index is 546. The molecule has 7 nitrogen and oxygen atoms in total. The molecule has 1 aromatic heterocycles. The van der Waals surface area contributed by atoms with Gasteiger partial charge in [-0.2, -0.15) is 28.6 Å². The van der Waals surface area contributed by atoms with Gasteiger partial charge in [0.25, 0.3) is 0 Å². The van der Waals surface area contributed by atoms with Crippen LogP contribution in [0.15, 0.2) is 6.20 Å². The molecule has 1 saturated carbocycles. The molecule has 2 N–H and O–H groups in total. The number of methoxy groups -OCH3 is 1. The van der Waals surface area contributed by atoms with E-state index in [1.165, 1.54) is 18.2 Å². The van der Waals surface area contributed by atoms with E-state index >= 15 is 0 Å². The molecule has 1 aliphatic heterocycles. The number of urea groups is 1. The standard InChI is InChI=1S/C13H18F3N5O2/c1-23-10-6-21(5-8(10)9-4-17-20-19-9)12(22)18-11(7-2-3-7)13(14,15)16/h4,7-8,10-11H,2-3,5-6H2,1H3,(H,18,22)(H,17,19,20)/t8-,10+,11?/m0/s1. The summed E-state index contributed by atoms with van der Waals surface area (Å²) in [5, 5.41) is 12.3. The molecule has 1 saturated heterocycles. The highest BCUT2D eigenvalue weighted by atomic mass is 19.4. The Morgan fingerprint density at radius 3 is 2.74 bits per heavy atom. The van der Waals surface area contributed by atoms with Crippen LogP contribution in [0, 0.1) is 5.92 Å². The van der Waals surface area contributed by atoms with Gasteiger partial charge in [0.2, 0.25) is 0 Å². The summed E-state index contributed by atoms with van der Waals surface area (Å²) >= 11 is 0. The van der Waals surface area contributed by atoms with Crippen molar-refractivity contribution in [1.29, 1.82) is 0 Å². The summed E-state index contributed by atoms with van der Waals surface area (Å²) in [5.74, 6) is -0.721. The highest BCUT2D eigenvalue weighted by Crippen LogP contribution is 2.40. The van der Waals surface area contributed by atoms with Crippen molar-refractivity contribution in [3.05, 3.63) is 11.9 Å². The first-order valence-electron chi connectivity index (χ1n) is 7.40. The van der Waals surface area contributed by atoms with Crippen LogP contribution >= 0.6 is 0 Å². The molecule has 0 spiro atoms. The zero-order valence-electron chi connectivity index (χ0n) is 12.5. The van der Waals surface area contributed by atoms with Crippen LogP contribution in [0.25, 0.3) is 0 Å². The zero-order valence-corrected chi connectivity index (χ0v) is 12.5. The number of nitrogens with one attached hydrogen (secondary N) is 2. The summed E-state index contributed by atoms with van der Waals surface area (Å²) in [6.45, 7) is 0.460. The average Bonchev–Trinajstić information content (AvgIpc) is 3.02. The summed E-state index contributed by atoms with van der Waals surface area (Å²) in [6, 6.07) is -2.49. The maximum Gasteiger partial charge on any atom is 0.408 e. The lowest BCUT2D eigenvalue weighted by molar-refractivity contribution is -0.158. The molecular weight excluding hydrogens is 315 g/mol. The van der Waals surface area contributed by atoms with Crippen molar-refractivity contribution in [1.82, 2.24) is 25.6 Å². The number of amides is 2. The first-order chi connectivity index (χ1) is 10.9. The van der Waals surface area contributed by atoms with E-state index in [0.717, 1.165) is 0 Å². The van der Waals surface area contributed by atoms with Crippen LogP contribution in [0.2, 0.25) is 0 Å². The highest BCUT2D eigenvalue weighted by molar-refractivity contribution is 5.75. The number of rotatable bonds is 4. The molecule has 23 heavy (non-hydrogen) atoms. The quantitative estimate of drug-likeness (QED) is 0.869. The predicted molar refractivity (Wildman–Crippen MR) is 72.6 cm³/mol. The Morgan fingerprint density at radius 2 is 2.22 bits per heavy atom. The predicted octanol–water partition coefficient (Wildman–Crippen LogP) is 1.27. The summed E-state index contributed by atoms with van der Waals surface area (Å²) in [7, 11) is 1.50. The van der Waals surface area contributed by atoms with Gasteiger partial charge in [-0.25, -0.2) is 4.79 Å². The summed E-state index contributed by atoms with van der Waals surface area (Å²) in [4.78, 5) is 13.6. The van der Waals surface area contributed by atoms with Gasteiger partial charge in [0.15, 0.2) is 0 Å². The Kier molecular flexibility index (Phi) is 4.17. The van der Waals surface area contributed by atoms with Crippen LogP contribution in [-0.2, 0) is 4.74 Å². The van der Waals surface area contributed by atoms with Crippen LogP contribution in [-0.4, -0.2) is 64.9 Å². The van der Waals surface area contributed by atoms with Gasteiger partial charge in [-0.15, -0.1) is 0 Å². The fourth-order valence-electron chi connectivity index (χ4n) is 2.97. The molecule has 1 aromatic rings. The molecule has 2 amide bonds. The minimum Gasteiger partial charge on any atom is -0.379 e. The first-order valence-corrected chi connectivity index (χ1v) is 7.40. The molecule has 2 aliphatic rings. The van der Waals surface area contributed by atoms with Crippen LogP contribution in [0.4, 0.5) is 18.0 Å². The Balaban J connectivity index is 1.66. The van der Waals surface area contributed by atoms with E-state index in [2.05, 4.69) is 20.7 Å². The number of aromatic amines is 1. The van der Waals surface area contributed by atoms with E-state index in [9.17, 15) is 18.0 Å². The first kappa shape index (κ1) is 16.0. The number of carbonyl (C=O) groups excluding carboxylic acids is 1. The fourth-order valence-corrected chi connectivity index (χ4v) is 2.97. The van der Waals surface area contributed by atoms with Gasteiger partial charge in [-0.3, -0.25) is 0 Å². The Morgan fingerprint density at radius 1 is 1.48 bits per heavy atom. The van der Waals surface area contributed by atoms with Crippen LogP contribution < -0.4 is 5.32 Å². The second-order valence-electron chi connectivity index (χ2n) is 5.99. The van der Waals surface area contributed by atoms with Crippen molar-refractivity contribution < 1.29 is 22.7 Å². The normalized spacial score (nSPS) is 26.3. The number of hydrogen-bond donors (Lipinski definition) is 2. The van der Waals surface area contributed by atoms with Crippen molar-refractivity contribution in [2.45, 2.75) is 37.1 Å². The second-order valence-corrected chi connectivity index (χ2v) is 5.99. The van der Waals surface area contributed by atoms with Gasteiger partial charge in [0, 0.05) is 20.2 Å². The number of H-pyrrole nitrogens is 1. The minimum absolute atomic E-state index is 0.213. The summed E-state index contributed by atoms with van der Waals surface area (Å²) in [5.41, 5.74) is 0.627. The lowest BCUT2D eigenvalue weighted by atomic mass is 10.0. The minimum atomic E-state index is -4.43. The molecule has 1 aliphatic carbocycles. The SMILES string of the molecule is CO[C@@H]1CN(C(=O)NC(C2CC2)C(F)(F)F)C[C@H]1c1cn[nH]n1. The van der Waals surface area contributed by atoms with Crippen LogP contribution in [0.1, 0.15) is 24.5 Å². The molecule has 10 heteroatoms. The van der Waals surface area contributed by atoms with E-state index in [4.69, 9.17) is 4.74 Å². The molecule has 2 fully saturated rings. The van der Waals surface area contributed by atoms with Gasteiger partial charge in [0.05, 0.1) is 23.9 Å². The topological polar surface area (TPSA) is 83.1 Å². The zero-order chi connectivity index (χ0) is 16.6. The third-order valence-electron chi connectivity index (χ3n) is 4.39. The van der Waals surface area contributed by atoms with E-state index in [1.807, 2.05) is 0 Å². The summed E-state index contributed by atoms with van der Waals surface area (Å²) < 4.78 is 44.4. The lowest BCUT2D eigenvalue weighted by Crippen LogP contribution is -2.51. The molecule has 0 radical (unpaired) electrons. The monoisotopic (exact) mass is 333 g/mol. The second kappa shape index (κ2) is 5.99. The lowest BCUT2D eigenvalue weighted by Gasteiger charge is -2.25. The Labute approximate surface area is 130 Å². The van der Waals surface area contributed by atoms with Crippen molar-refractivity contribution >= 4 is 6.03 Å². The van der Waals surface area contributed by atoms with E-state index < -0.39 is 24.2 Å². The van der Waals surface area contributed by atoms with Crippen molar-refractivity contribution in [3.63, 3.8) is 0 Å². The van der Waals surface area contributed by atoms with Crippen LogP contribution in [0.3, 0.4) is 0 Å². The molecule has 3 rings (SSSR count). The van der Waals surface area contributed by atoms with Gasteiger partial charge in [0.1, 0.15) is 6.04 Å². The number of alkyl halides is 3. The van der Waals surface area contributed by atoms with Gasteiger partial charge >= 0.3 is 12.2 Å². The fraction of sp³-hybridized carbons (Fsp3) is 0.769. The van der Waals surface area contributed by atoms with Crippen molar-refractivity contribution in [2.24, 2.45) is 5.92 Å². The number of halogens is 3. The van der Waals surface area contributed by atoms with Crippen molar-refractivity contribution in [2.75, 3.05) is 20.2 Å². The molecule has 0 aromatic carbocycles. The maximum atomic E-state index is 13.0. The van der Waals surface area contributed by atoms with Gasteiger partial charge in [-0.1, -0.05) is 0 Å². The third-order valence-corrected chi connectivity index (χ3v) is 4.39. The molecule has 0 bridgehead atoms. The van der Waals surface area contributed by atoms with E-state index in [0.29, 0.717) is 18.5 Å². The molecular formula is C13H18F3N5O2. The number of ether oxygens (including phenoxy) is 1. The number of carbonyl (C=O) groups is 1. The molecule has 2 heterocycles. The van der Waals surface area contributed by atoms with E-state index in [-0.39, 0.29) is 25.1 Å². The van der Waals surface area contributed by atoms with Crippen molar-refractivity contribution in [3.8, 4) is 0 Å². The van der Waals surface area contributed by atoms with Crippen LogP contribution in [0.5, 0.6) is 0 Å². The molecule has 3 atom stereocenters. The molecule has 1 unspecified atom stereocenters. The number of likely N-dealkylation sites (tertiary alicyclic amines) is 1. The number of hydrogen-bond acceptors (Lipinski definition) is 4. The Hall–Kier alpha value is -1.84. The highest BCUT2D eigenvalue weighted by Gasteiger charge is 2.50. The maximum absolute atomic E-state index is 13.0. The van der Waals surface area contributed by atoms with E-state index in [1.54, 1.807) is 0 Å². The summed E-state index contributed by atoms with van der Waals surface area (Å²) in [6.07, 6.45) is -2.24. The number of aromatic nitrogens is 3.